The van der Waals surface area contributed by atoms with Gasteiger partial charge in [-0.3, -0.25) is 4.79 Å². The zero-order valence-electron chi connectivity index (χ0n) is 13.7. The number of benzene rings is 1. The highest BCUT2D eigenvalue weighted by molar-refractivity contribution is 5.85. The largest absolute Gasteiger partial charge is 0.444 e. The van der Waals surface area contributed by atoms with Gasteiger partial charge in [0.05, 0.1) is 12.1 Å². The molecule has 0 spiro atoms. The fraction of sp³-hybridized carbons (Fsp3) is 0.444. The number of fused-ring (bicyclic) bond motifs is 1. The topological polar surface area (TPSA) is 72.4 Å². The lowest BCUT2D eigenvalue weighted by Gasteiger charge is -2.18. The average Bonchev–Trinajstić information content (AvgIpc) is 3.26. The molecule has 0 bridgehead atoms. The zero-order valence-corrected chi connectivity index (χ0v) is 14.5. The van der Waals surface area contributed by atoms with Crippen LogP contribution >= 0.6 is 12.4 Å². The van der Waals surface area contributed by atoms with Gasteiger partial charge in [-0.05, 0) is 48.9 Å². The summed E-state index contributed by atoms with van der Waals surface area (Å²) in [6.45, 7) is 1.56. The number of likely N-dealkylation sites (tertiary alicyclic amines) is 1. The molecule has 3 unspecified atom stereocenters. The Morgan fingerprint density at radius 3 is 2.76 bits per heavy atom. The summed E-state index contributed by atoms with van der Waals surface area (Å²) < 4.78 is 18.4. The summed E-state index contributed by atoms with van der Waals surface area (Å²) in [5.41, 5.74) is 7.41. The maximum absolute atomic E-state index is 13.0. The molecule has 1 saturated heterocycles. The van der Waals surface area contributed by atoms with Gasteiger partial charge >= 0.3 is 0 Å². The van der Waals surface area contributed by atoms with Crippen LogP contribution in [0, 0.1) is 17.7 Å². The highest BCUT2D eigenvalue weighted by Gasteiger charge is 2.42. The van der Waals surface area contributed by atoms with Gasteiger partial charge in [-0.1, -0.05) is 0 Å². The molecule has 1 amide bonds. The van der Waals surface area contributed by atoms with Crippen LogP contribution in [-0.4, -0.2) is 34.9 Å². The fourth-order valence-electron chi connectivity index (χ4n) is 3.89. The van der Waals surface area contributed by atoms with Crippen LogP contribution in [0.4, 0.5) is 4.39 Å². The van der Waals surface area contributed by atoms with Gasteiger partial charge in [0, 0.05) is 24.7 Å². The molecule has 2 aliphatic rings. The predicted molar refractivity (Wildman–Crippen MR) is 93.6 cm³/mol. The van der Waals surface area contributed by atoms with Crippen molar-refractivity contribution in [1.82, 2.24) is 9.88 Å². The molecule has 4 rings (SSSR count). The molecule has 5 nitrogen and oxygen atoms in total. The quantitative estimate of drug-likeness (QED) is 0.907. The van der Waals surface area contributed by atoms with Crippen LogP contribution in [0.5, 0.6) is 0 Å². The second-order valence-electron chi connectivity index (χ2n) is 6.79. The first-order valence-electron chi connectivity index (χ1n) is 8.34. The zero-order chi connectivity index (χ0) is 16.7. The van der Waals surface area contributed by atoms with E-state index in [1.165, 1.54) is 18.4 Å². The minimum absolute atomic E-state index is 0. The van der Waals surface area contributed by atoms with E-state index in [0.717, 1.165) is 25.9 Å². The summed E-state index contributed by atoms with van der Waals surface area (Å²) >= 11 is 0. The van der Waals surface area contributed by atoms with E-state index in [1.54, 1.807) is 12.1 Å². The number of carbonyl (C=O) groups excluding carboxylic acids is 1. The number of halogens is 2. The highest BCUT2D eigenvalue weighted by Crippen LogP contribution is 2.37. The summed E-state index contributed by atoms with van der Waals surface area (Å²) in [5, 5.41) is 0. The molecule has 25 heavy (non-hydrogen) atoms. The number of hydrogen-bond donors (Lipinski definition) is 1. The molecule has 134 valence electrons. The van der Waals surface area contributed by atoms with Crippen molar-refractivity contribution < 1.29 is 13.6 Å². The van der Waals surface area contributed by atoms with Crippen molar-refractivity contribution in [2.75, 3.05) is 13.1 Å². The number of aromatic nitrogens is 1. The molecular weight excluding hydrogens is 345 g/mol. The molecule has 1 aliphatic heterocycles. The van der Waals surface area contributed by atoms with Gasteiger partial charge in [-0.25, -0.2) is 9.37 Å². The molecule has 2 heterocycles. The molecule has 1 aromatic carbocycles. The van der Waals surface area contributed by atoms with Crippen molar-refractivity contribution in [2.45, 2.75) is 25.3 Å². The van der Waals surface area contributed by atoms with Crippen LogP contribution in [0.1, 0.15) is 18.5 Å². The lowest BCUT2D eigenvalue weighted by Crippen LogP contribution is -2.34. The second-order valence-corrected chi connectivity index (χ2v) is 6.79. The third kappa shape index (κ3) is 3.55. The van der Waals surface area contributed by atoms with Gasteiger partial charge < -0.3 is 15.1 Å². The molecule has 7 heteroatoms. The average molecular weight is 366 g/mol. The summed E-state index contributed by atoms with van der Waals surface area (Å²) in [6.07, 6.45) is 3.91. The monoisotopic (exact) mass is 365 g/mol. The van der Waals surface area contributed by atoms with E-state index >= 15 is 0 Å². The number of carbonyl (C=O) groups is 1. The van der Waals surface area contributed by atoms with Gasteiger partial charge in [-0.2, -0.15) is 0 Å². The maximum Gasteiger partial charge on any atom is 0.228 e. The smallest absolute Gasteiger partial charge is 0.228 e. The van der Waals surface area contributed by atoms with E-state index in [2.05, 4.69) is 4.98 Å². The van der Waals surface area contributed by atoms with Crippen LogP contribution < -0.4 is 5.73 Å². The molecule has 2 fully saturated rings. The Balaban J connectivity index is 0.00000182. The highest BCUT2D eigenvalue weighted by atomic mass is 35.5. The Bertz CT molecular complexity index is 749. The van der Waals surface area contributed by atoms with E-state index in [1.807, 2.05) is 4.90 Å². The van der Waals surface area contributed by atoms with Gasteiger partial charge in [-0.15, -0.1) is 12.4 Å². The summed E-state index contributed by atoms with van der Waals surface area (Å²) in [6, 6.07) is 6.16. The number of hydrogen-bond acceptors (Lipinski definition) is 4. The third-order valence-corrected chi connectivity index (χ3v) is 5.24. The molecule has 1 aliphatic carbocycles. The normalized spacial score (nSPS) is 24.9. The van der Waals surface area contributed by atoms with Crippen molar-refractivity contribution in [3.05, 3.63) is 42.0 Å². The Morgan fingerprint density at radius 2 is 2.04 bits per heavy atom. The molecule has 2 aromatic rings. The Labute approximate surface area is 151 Å². The molecule has 1 saturated carbocycles. The first-order valence-corrected chi connectivity index (χ1v) is 8.34. The first-order chi connectivity index (χ1) is 11.6. The van der Waals surface area contributed by atoms with Gasteiger partial charge in [0.25, 0.3) is 0 Å². The predicted octanol–water partition coefficient (Wildman–Crippen LogP) is 2.64. The van der Waals surface area contributed by atoms with Crippen LogP contribution in [0.25, 0.3) is 11.5 Å². The molecule has 3 atom stereocenters. The molecule has 1 aromatic heterocycles. The van der Waals surface area contributed by atoms with Crippen LogP contribution in [-0.2, 0) is 11.2 Å². The number of oxazole rings is 1. The van der Waals surface area contributed by atoms with Gasteiger partial charge in [0.1, 0.15) is 12.1 Å². The van der Waals surface area contributed by atoms with Crippen LogP contribution in [0.2, 0.25) is 0 Å². The number of rotatable bonds is 3. The minimum atomic E-state index is -0.307. The van der Waals surface area contributed by atoms with E-state index < -0.39 is 0 Å². The summed E-state index contributed by atoms with van der Waals surface area (Å²) in [7, 11) is 0. The number of nitrogens with two attached hydrogens (primary N) is 1. The lowest BCUT2D eigenvalue weighted by molar-refractivity contribution is -0.129. The van der Waals surface area contributed by atoms with E-state index in [4.69, 9.17) is 10.2 Å². The summed E-state index contributed by atoms with van der Waals surface area (Å²) in [5.74, 6) is 1.16. The van der Waals surface area contributed by atoms with Gasteiger partial charge in [0.2, 0.25) is 11.8 Å². The second kappa shape index (κ2) is 7.14. The van der Waals surface area contributed by atoms with Crippen molar-refractivity contribution in [3.63, 3.8) is 0 Å². The standard InChI is InChI=1S/C18H20FN3O2.ClH/c19-13-4-1-11(2-5-13)18-21-14(10-24-18)7-17(23)22-8-12-3-6-16(20)15(12)9-22;/h1-2,4-5,10,12,15-16H,3,6-9,20H2;1H. The van der Waals surface area contributed by atoms with Crippen LogP contribution in [0.15, 0.2) is 34.9 Å². The SMILES string of the molecule is Cl.NC1CCC2CN(C(=O)Cc3coc(-c4ccc(F)cc4)n3)CC12. The number of amides is 1. The molecule has 2 N–H and O–H groups in total. The Morgan fingerprint density at radius 1 is 1.28 bits per heavy atom. The van der Waals surface area contributed by atoms with Crippen molar-refractivity contribution >= 4 is 18.3 Å². The van der Waals surface area contributed by atoms with Crippen LogP contribution in [0.3, 0.4) is 0 Å². The Kier molecular flexibility index (Phi) is 5.11. The van der Waals surface area contributed by atoms with E-state index in [9.17, 15) is 9.18 Å². The minimum Gasteiger partial charge on any atom is -0.444 e. The van der Waals surface area contributed by atoms with E-state index in [-0.39, 0.29) is 36.6 Å². The summed E-state index contributed by atoms with van der Waals surface area (Å²) in [4.78, 5) is 18.7. The molecule has 0 radical (unpaired) electrons. The van der Waals surface area contributed by atoms with Crippen molar-refractivity contribution in [2.24, 2.45) is 17.6 Å². The first kappa shape index (κ1) is 17.9. The number of nitrogens with zero attached hydrogens (tertiary/aromatic N) is 2. The van der Waals surface area contributed by atoms with Crippen molar-refractivity contribution in [1.29, 1.82) is 0 Å². The fourth-order valence-corrected chi connectivity index (χ4v) is 3.89. The van der Waals surface area contributed by atoms with Gasteiger partial charge in [0.15, 0.2) is 0 Å². The third-order valence-electron chi connectivity index (χ3n) is 5.24. The van der Waals surface area contributed by atoms with Crippen molar-refractivity contribution in [3.8, 4) is 11.5 Å². The Hall–Kier alpha value is -1.92. The maximum atomic E-state index is 13.0. The lowest BCUT2D eigenvalue weighted by atomic mass is 9.98. The van der Waals surface area contributed by atoms with E-state index in [0.29, 0.717) is 29.0 Å². The molecular formula is C18H21ClFN3O2.